The Kier molecular flexibility index (Phi) is 6.45. The van der Waals surface area contributed by atoms with Gasteiger partial charge in [-0.1, -0.05) is 19.8 Å². The first-order valence-electron chi connectivity index (χ1n) is 7.07. The van der Waals surface area contributed by atoms with Crippen LogP contribution in [0.4, 0.5) is 0 Å². The summed E-state index contributed by atoms with van der Waals surface area (Å²) in [6.07, 6.45) is 6.17. The number of nitrogens with one attached hydrogen (secondary N) is 1. The molecule has 3 heteroatoms. The van der Waals surface area contributed by atoms with Gasteiger partial charge in [0, 0.05) is 12.1 Å². The van der Waals surface area contributed by atoms with Crippen molar-refractivity contribution in [3.63, 3.8) is 0 Å². The molecule has 0 saturated heterocycles. The van der Waals surface area contributed by atoms with E-state index in [0.29, 0.717) is 0 Å². The van der Waals surface area contributed by atoms with Crippen LogP contribution in [0.15, 0.2) is 0 Å². The van der Waals surface area contributed by atoms with Gasteiger partial charge in [-0.15, -0.1) is 0 Å². The Morgan fingerprint density at radius 3 is 2.71 bits per heavy atom. The number of hydrogen-bond donors (Lipinski definition) is 2. The highest BCUT2D eigenvalue weighted by Crippen LogP contribution is 2.32. The van der Waals surface area contributed by atoms with E-state index < -0.39 is 0 Å². The number of hydrogen-bond acceptors (Lipinski definition) is 3. The molecule has 1 saturated carbocycles. The van der Waals surface area contributed by atoms with Crippen molar-refractivity contribution in [2.75, 3.05) is 19.8 Å². The molecule has 0 radical (unpaired) electrons. The van der Waals surface area contributed by atoms with E-state index in [4.69, 9.17) is 4.74 Å². The van der Waals surface area contributed by atoms with Crippen LogP contribution in [0.25, 0.3) is 0 Å². The van der Waals surface area contributed by atoms with E-state index in [2.05, 4.69) is 26.1 Å². The van der Waals surface area contributed by atoms with E-state index >= 15 is 0 Å². The van der Waals surface area contributed by atoms with E-state index in [9.17, 15) is 5.11 Å². The van der Waals surface area contributed by atoms with Crippen molar-refractivity contribution in [1.82, 2.24) is 5.32 Å². The summed E-state index contributed by atoms with van der Waals surface area (Å²) in [5.41, 5.74) is -0.199. The second-order valence-electron chi connectivity index (χ2n) is 5.76. The summed E-state index contributed by atoms with van der Waals surface area (Å²) < 4.78 is 5.82. The molecule has 0 aromatic rings. The summed E-state index contributed by atoms with van der Waals surface area (Å²) in [5, 5.41) is 12.9. The average molecular weight is 243 g/mol. The van der Waals surface area contributed by atoms with Crippen molar-refractivity contribution in [2.24, 2.45) is 5.92 Å². The summed E-state index contributed by atoms with van der Waals surface area (Å²) in [6.45, 7) is 8.31. The predicted molar refractivity (Wildman–Crippen MR) is 71.2 cm³/mol. The zero-order chi connectivity index (χ0) is 12.7. The van der Waals surface area contributed by atoms with E-state index in [1.165, 1.54) is 19.3 Å². The minimum Gasteiger partial charge on any atom is -0.394 e. The lowest BCUT2D eigenvalue weighted by Gasteiger charge is -2.31. The molecule has 2 unspecified atom stereocenters. The van der Waals surface area contributed by atoms with Crippen LogP contribution in [0.3, 0.4) is 0 Å². The lowest BCUT2D eigenvalue weighted by Crippen LogP contribution is -2.48. The third-order valence-electron chi connectivity index (χ3n) is 3.51. The molecule has 0 aromatic heterocycles. The van der Waals surface area contributed by atoms with Gasteiger partial charge in [0.05, 0.1) is 12.7 Å². The molecule has 0 heterocycles. The Labute approximate surface area is 106 Å². The molecule has 1 aliphatic rings. The van der Waals surface area contributed by atoms with Crippen molar-refractivity contribution < 1.29 is 9.84 Å². The summed E-state index contributed by atoms with van der Waals surface area (Å²) in [4.78, 5) is 0. The van der Waals surface area contributed by atoms with E-state index in [0.717, 1.165) is 31.9 Å². The highest BCUT2D eigenvalue weighted by molar-refractivity contribution is 4.84. The fourth-order valence-corrected chi connectivity index (χ4v) is 2.16. The summed E-state index contributed by atoms with van der Waals surface area (Å²) in [5.74, 6) is 0.935. The van der Waals surface area contributed by atoms with Gasteiger partial charge in [-0.05, 0) is 45.6 Å². The minimum absolute atomic E-state index is 0.170. The SMILES string of the molecule is CCCNC(C)(CO)CC(C)OCCC1CC1. The zero-order valence-electron chi connectivity index (χ0n) is 11.7. The first kappa shape index (κ1) is 14.9. The monoisotopic (exact) mass is 243 g/mol. The maximum absolute atomic E-state index is 9.47. The smallest absolute Gasteiger partial charge is 0.0611 e. The van der Waals surface area contributed by atoms with Crippen LogP contribution in [0, 0.1) is 5.92 Å². The molecule has 0 amide bonds. The van der Waals surface area contributed by atoms with E-state index in [1.807, 2.05) is 0 Å². The van der Waals surface area contributed by atoms with Crippen LogP contribution in [-0.4, -0.2) is 36.5 Å². The van der Waals surface area contributed by atoms with Crippen molar-refractivity contribution in [1.29, 1.82) is 0 Å². The Bertz CT molecular complexity index is 206. The van der Waals surface area contributed by atoms with Gasteiger partial charge in [-0.25, -0.2) is 0 Å². The van der Waals surface area contributed by atoms with Crippen LogP contribution in [0.2, 0.25) is 0 Å². The van der Waals surface area contributed by atoms with Crippen LogP contribution in [0.1, 0.15) is 52.9 Å². The predicted octanol–water partition coefficient (Wildman–Crippen LogP) is 2.33. The van der Waals surface area contributed by atoms with Gasteiger partial charge in [-0.3, -0.25) is 0 Å². The first-order valence-corrected chi connectivity index (χ1v) is 7.07. The zero-order valence-corrected chi connectivity index (χ0v) is 11.7. The summed E-state index contributed by atoms with van der Waals surface area (Å²) in [6, 6.07) is 0. The Morgan fingerprint density at radius 2 is 2.18 bits per heavy atom. The Balaban J connectivity index is 2.17. The second kappa shape index (κ2) is 7.34. The third-order valence-corrected chi connectivity index (χ3v) is 3.51. The number of ether oxygens (including phenoxy) is 1. The van der Waals surface area contributed by atoms with Gasteiger partial charge >= 0.3 is 0 Å². The normalized spacial score (nSPS) is 21.2. The number of aliphatic hydroxyl groups excluding tert-OH is 1. The molecule has 0 spiro atoms. The van der Waals surface area contributed by atoms with Gasteiger partial charge in [0.1, 0.15) is 0 Å². The van der Waals surface area contributed by atoms with Gasteiger partial charge in [-0.2, -0.15) is 0 Å². The number of rotatable bonds is 10. The molecule has 17 heavy (non-hydrogen) atoms. The molecule has 102 valence electrons. The molecule has 2 atom stereocenters. The van der Waals surface area contributed by atoms with Crippen LogP contribution in [0.5, 0.6) is 0 Å². The third kappa shape index (κ3) is 6.39. The van der Waals surface area contributed by atoms with Crippen LogP contribution < -0.4 is 5.32 Å². The van der Waals surface area contributed by atoms with E-state index in [-0.39, 0.29) is 18.2 Å². The standard InChI is InChI=1S/C14H29NO2/c1-4-8-15-14(3,11-16)10-12(2)17-9-7-13-5-6-13/h12-13,15-16H,4-11H2,1-3H3. The van der Waals surface area contributed by atoms with Crippen molar-refractivity contribution in [3.8, 4) is 0 Å². The molecular weight excluding hydrogens is 214 g/mol. The second-order valence-corrected chi connectivity index (χ2v) is 5.76. The fraction of sp³-hybridized carbons (Fsp3) is 1.00. The lowest BCUT2D eigenvalue weighted by molar-refractivity contribution is 0.0254. The first-order chi connectivity index (χ1) is 8.09. The molecule has 1 rings (SSSR count). The Hall–Kier alpha value is -0.120. The number of aliphatic hydroxyl groups is 1. The van der Waals surface area contributed by atoms with Gasteiger partial charge in [0.2, 0.25) is 0 Å². The molecule has 0 bridgehead atoms. The fourth-order valence-electron chi connectivity index (χ4n) is 2.16. The quantitative estimate of drug-likeness (QED) is 0.619. The van der Waals surface area contributed by atoms with Gasteiger partial charge in [0.15, 0.2) is 0 Å². The molecule has 2 N–H and O–H groups in total. The van der Waals surface area contributed by atoms with Crippen molar-refractivity contribution in [3.05, 3.63) is 0 Å². The summed E-state index contributed by atoms with van der Waals surface area (Å²) >= 11 is 0. The minimum atomic E-state index is -0.199. The largest absolute Gasteiger partial charge is 0.394 e. The van der Waals surface area contributed by atoms with Crippen LogP contribution in [-0.2, 0) is 4.74 Å². The molecule has 0 aliphatic heterocycles. The van der Waals surface area contributed by atoms with Crippen molar-refractivity contribution in [2.45, 2.75) is 64.5 Å². The Morgan fingerprint density at radius 1 is 1.47 bits per heavy atom. The van der Waals surface area contributed by atoms with Gasteiger partial charge < -0.3 is 15.2 Å². The molecule has 1 aliphatic carbocycles. The highest BCUT2D eigenvalue weighted by atomic mass is 16.5. The van der Waals surface area contributed by atoms with Crippen molar-refractivity contribution >= 4 is 0 Å². The highest BCUT2D eigenvalue weighted by Gasteiger charge is 2.26. The molecule has 0 aromatic carbocycles. The topological polar surface area (TPSA) is 41.5 Å². The molecule has 3 nitrogen and oxygen atoms in total. The average Bonchev–Trinajstić information content (AvgIpc) is 3.10. The summed E-state index contributed by atoms with van der Waals surface area (Å²) in [7, 11) is 0. The maximum Gasteiger partial charge on any atom is 0.0611 e. The van der Waals surface area contributed by atoms with E-state index in [1.54, 1.807) is 0 Å². The lowest BCUT2D eigenvalue weighted by atomic mass is 9.95. The molecule has 1 fully saturated rings. The molecular formula is C14H29NO2. The van der Waals surface area contributed by atoms with Gasteiger partial charge in [0.25, 0.3) is 0 Å². The van der Waals surface area contributed by atoms with Crippen LogP contribution >= 0.6 is 0 Å². The maximum atomic E-state index is 9.47.